The zero-order chi connectivity index (χ0) is 17.3. The largest absolute Gasteiger partial charge is 0.283 e. The Morgan fingerprint density at radius 1 is 1.25 bits per heavy atom. The third-order valence-electron chi connectivity index (χ3n) is 3.31. The number of benzene rings is 1. The zero-order valence-electron chi connectivity index (χ0n) is 12.9. The number of nitro groups is 1. The molecule has 2 heterocycles. The van der Waals surface area contributed by atoms with E-state index in [2.05, 4.69) is 4.98 Å². The van der Waals surface area contributed by atoms with Crippen LogP contribution in [-0.4, -0.2) is 15.8 Å². The summed E-state index contributed by atoms with van der Waals surface area (Å²) in [6, 6.07) is 10.5. The number of aromatic nitrogens is 1. The molecule has 0 radical (unpaired) electrons. The first-order chi connectivity index (χ1) is 11.5. The van der Waals surface area contributed by atoms with Crippen molar-refractivity contribution in [2.75, 3.05) is 4.90 Å². The highest BCUT2D eigenvalue weighted by molar-refractivity contribution is 7.15. The molecule has 8 heteroatoms. The number of carbonyl (C=O) groups is 1. The van der Waals surface area contributed by atoms with Crippen molar-refractivity contribution in [3.8, 4) is 0 Å². The van der Waals surface area contributed by atoms with Gasteiger partial charge in [0.1, 0.15) is 4.88 Å². The smallest absolute Gasteiger partial charge is 0.267 e. The summed E-state index contributed by atoms with van der Waals surface area (Å²) in [7, 11) is 0. The molecule has 3 aromatic rings. The number of thiazole rings is 1. The minimum absolute atomic E-state index is 0.0355. The van der Waals surface area contributed by atoms with Gasteiger partial charge in [-0.1, -0.05) is 18.2 Å². The highest BCUT2D eigenvalue weighted by atomic mass is 32.1. The third-order valence-corrected chi connectivity index (χ3v) is 5.29. The van der Waals surface area contributed by atoms with Crippen molar-refractivity contribution in [2.24, 2.45) is 0 Å². The van der Waals surface area contributed by atoms with E-state index < -0.39 is 4.92 Å². The molecule has 3 rings (SSSR count). The maximum Gasteiger partial charge on any atom is 0.283 e. The highest BCUT2D eigenvalue weighted by Crippen LogP contribution is 2.34. The third kappa shape index (κ3) is 3.06. The second kappa shape index (κ2) is 6.50. The van der Waals surface area contributed by atoms with E-state index in [1.54, 1.807) is 6.92 Å². The number of rotatable bonds is 4. The van der Waals surface area contributed by atoms with E-state index in [-0.39, 0.29) is 11.6 Å². The highest BCUT2D eigenvalue weighted by Gasteiger charge is 2.27. The number of anilines is 2. The van der Waals surface area contributed by atoms with Crippen LogP contribution in [0.2, 0.25) is 0 Å². The Balaban J connectivity index is 2.07. The van der Waals surface area contributed by atoms with Gasteiger partial charge in [-0.3, -0.25) is 19.8 Å². The molecule has 0 spiro atoms. The summed E-state index contributed by atoms with van der Waals surface area (Å²) >= 11 is 2.48. The van der Waals surface area contributed by atoms with Crippen molar-refractivity contribution in [1.29, 1.82) is 0 Å². The summed E-state index contributed by atoms with van der Waals surface area (Å²) in [4.78, 5) is 30.3. The molecule has 0 N–H and O–H groups in total. The second-order valence-corrected chi connectivity index (χ2v) is 7.15. The van der Waals surface area contributed by atoms with E-state index in [0.717, 1.165) is 17.0 Å². The number of amides is 1. The lowest BCUT2D eigenvalue weighted by atomic mass is 10.2. The molecule has 24 heavy (non-hydrogen) atoms. The Kier molecular flexibility index (Phi) is 4.41. The van der Waals surface area contributed by atoms with Gasteiger partial charge < -0.3 is 0 Å². The van der Waals surface area contributed by atoms with Crippen LogP contribution in [0.4, 0.5) is 16.5 Å². The van der Waals surface area contributed by atoms with Gasteiger partial charge in [0.15, 0.2) is 5.13 Å². The lowest BCUT2D eigenvalue weighted by Crippen LogP contribution is -2.25. The topological polar surface area (TPSA) is 76.3 Å². The molecule has 0 fully saturated rings. The standard InChI is InChI=1S/C16H13N3O3S2/c1-10-9-23-16(17-10)18(12-6-4-3-5-7-12)15(20)14-8-13(19(21)22)11(2)24-14/h3-9H,1-2H3. The quantitative estimate of drug-likeness (QED) is 0.499. The van der Waals surface area contributed by atoms with E-state index >= 15 is 0 Å². The number of hydrogen-bond acceptors (Lipinski definition) is 6. The molecule has 0 unspecified atom stereocenters. The first kappa shape index (κ1) is 16.3. The van der Waals surface area contributed by atoms with E-state index in [4.69, 9.17) is 0 Å². The van der Waals surface area contributed by atoms with Gasteiger partial charge in [0.05, 0.1) is 21.2 Å². The normalized spacial score (nSPS) is 10.6. The van der Waals surface area contributed by atoms with Crippen LogP contribution in [0.5, 0.6) is 0 Å². The molecule has 1 aromatic carbocycles. The predicted octanol–water partition coefficient (Wildman–Crippen LogP) is 4.71. The molecular formula is C16H13N3O3S2. The van der Waals surface area contributed by atoms with Crippen LogP contribution >= 0.6 is 22.7 Å². The lowest BCUT2D eigenvalue weighted by molar-refractivity contribution is -0.385. The van der Waals surface area contributed by atoms with Crippen LogP contribution in [0, 0.1) is 24.0 Å². The number of hydrogen-bond donors (Lipinski definition) is 0. The monoisotopic (exact) mass is 359 g/mol. The molecule has 0 bridgehead atoms. The van der Waals surface area contributed by atoms with Crippen molar-refractivity contribution in [3.05, 3.63) is 67.3 Å². The van der Waals surface area contributed by atoms with Crippen LogP contribution in [0.25, 0.3) is 0 Å². The Hall–Kier alpha value is -2.58. The van der Waals surface area contributed by atoms with Gasteiger partial charge in [-0.25, -0.2) is 4.98 Å². The maximum absolute atomic E-state index is 13.0. The molecular weight excluding hydrogens is 346 g/mol. The Labute approximate surface area is 146 Å². The first-order valence-electron chi connectivity index (χ1n) is 7.04. The fraction of sp³-hybridized carbons (Fsp3) is 0.125. The Morgan fingerprint density at radius 2 is 1.96 bits per heavy atom. The Morgan fingerprint density at radius 3 is 2.50 bits per heavy atom. The molecule has 0 atom stereocenters. The molecule has 1 amide bonds. The molecule has 0 aliphatic rings. The van der Waals surface area contributed by atoms with Crippen molar-refractivity contribution in [3.63, 3.8) is 0 Å². The minimum Gasteiger partial charge on any atom is -0.267 e. The van der Waals surface area contributed by atoms with E-state index in [9.17, 15) is 14.9 Å². The van der Waals surface area contributed by atoms with Crippen LogP contribution in [0.1, 0.15) is 20.2 Å². The van der Waals surface area contributed by atoms with Crippen LogP contribution in [0.15, 0.2) is 41.8 Å². The van der Waals surface area contributed by atoms with Gasteiger partial charge in [0.2, 0.25) is 0 Å². The number of aryl methyl sites for hydroxylation is 2. The van der Waals surface area contributed by atoms with Gasteiger partial charge in [0.25, 0.3) is 11.6 Å². The zero-order valence-corrected chi connectivity index (χ0v) is 14.6. The summed E-state index contributed by atoms with van der Waals surface area (Å²) in [6.45, 7) is 3.49. The second-order valence-electron chi connectivity index (χ2n) is 5.06. The molecule has 0 saturated heterocycles. The van der Waals surface area contributed by atoms with E-state index in [0.29, 0.717) is 20.6 Å². The van der Waals surface area contributed by atoms with Crippen LogP contribution in [0.3, 0.4) is 0 Å². The number of para-hydroxylation sites is 1. The first-order valence-corrected chi connectivity index (χ1v) is 8.73. The summed E-state index contributed by atoms with van der Waals surface area (Å²) in [6.07, 6.45) is 0. The van der Waals surface area contributed by atoms with E-state index in [1.807, 2.05) is 42.6 Å². The molecule has 0 aliphatic carbocycles. The van der Waals surface area contributed by atoms with Gasteiger partial charge in [-0.2, -0.15) is 0 Å². The van der Waals surface area contributed by atoms with Crippen molar-refractivity contribution in [2.45, 2.75) is 13.8 Å². The van der Waals surface area contributed by atoms with Gasteiger partial charge >= 0.3 is 0 Å². The SMILES string of the molecule is Cc1csc(N(C(=O)c2cc([N+](=O)[O-])c(C)s2)c2ccccc2)n1. The van der Waals surface area contributed by atoms with Crippen molar-refractivity contribution in [1.82, 2.24) is 4.98 Å². The minimum atomic E-state index is -0.469. The van der Waals surface area contributed by atoms with Crippen molar-refractivity contribution < 1.29 is 9.72 Å². The predicted molar refractivity (Wildman–Crippen MR) is 95.5 cm³/mol. The number of carbonyl (C=O) groups excluding carboxylic acids is 1. The molecule has 0 aliphatic heterocycles. The fourth-order valence-electron chi connectivity index (χ4n) is 2.21. The van der Waals surface area contributed by atoms with Gasteiger partial charge in [-0.15, -0.1) is 22.7 Å². The summed E-state index contributed by atoms with van der Waals surface area (Å²) in [5.41, 5.74) is 1.45. The average Bonchev–Trinajstić information content (AvgIpc) is 3.15. The maximum atomic E-state index is 13.0. The molecule has 122 valence electrons. The summed E-state index contributed by atoms with van der Waals surface area (Å²) < 4.78 is 0. The van der Waals surface area contributed by atoms with Crippen molar-refractivity contribution >= 4 is 45.1 Å². The lowest BCUT2D eigenvalue weighted by Gasteiger charge is -2.19. The van der Waals surface area contributed by atoms with Crippen LogP contribution in [-0.2, 0) is 0 Å². The number of thiophene rings is 1. The van der Waals surface area contributed by atoms with E-state index in [1.165, 1.54) is 22.3 Å². The molecule has 2 aromatic heterocycles. The number of nitrogens with zero attached hydrogens (tertiary/aromatic N) is 3. The fourth-order valence-corrected chi connectivity index (χ4v) is 3.94. The van der Waals surface area contributed by atoms with Crippen LogP contribution < -0.4 is 4.90 Å². The summed E-state index contributed by atoms with van der Waals surface area (Å²) in [5.74, 6) is -0.322. The summed E-state index contributed by atoms with van der Waals surface area (Å²) in [5, 5.41) is 13.4. The average molecular weight is 359 g/mol. The molecule has 6 nitrogen and oxygen atoms in total. The Bertz CT molecular complexity index is 902. The van der Waals surface area contributed by atoms with Gasteiger partial charge in [-0.05, 0) is 26.0 Å². The molecule has 0 saturated carbocycles. The van der Waals surface area contributed by atoms with Gasteiger partial charge in [0, 0.05) is 11.4 Å².